The molecule has 2 heterocycles. The molecule has 25 heavy (non-hydrogen) atoms. The topological polar surface area (TPSA) is 85.8 Å². The summed E-state index contributed by atoms with van der Waals surface area (Å²) < 4.78 is 6.85. The van der Waals surface area contributed by atoms with Gasteiger partial charge in [0.05, 0.1) is 27.2 Å². The third kappa shape index (κ3) is 4.33. The van der Waals surface area contributed by atoms with E-state index in [0.717, 1.165) is 5.76 Å². The van der Waals surface area contributed by atoms with Crippen LogP contribution in [-0.2, 0) is 11.3 Å². The van der Waals surface area contributed by atoms with Crippen LogP contribution >= 0.6 is 35.0 Å². The number of rotatable bonds is 6. The zero-order valence-electron chi connectivity index (χ0n) is 13.0. The van der Waals surface area contributed by atoms with Crippen molar-refractivity contribution in [1.82, 2.24) is 20.2 Å². The first-order chi connectivity index (χ1) is 12.0. The molecular formula is C15H13Cl2N5O2S. The number of nitrogens with one attached hydrogen (secondary N) is 1. The van der Waals surface area contributed by atoms with Crippen LogP contribution in [0.4, 0.5) is 5.69 Å². The van der Waals surface area contributed by atoms with Gasteiger partial charge in [-0.1, -0.05) is 41.0 Å². The van der Waals surface area contributed by atoms with Crippen molar-refractivity contribution in [3.05, 3.63) is 52.4 Å². The first-order valence-corrected chi connectivity index (χ1v) is 8.88. The molecule has 0 fully saturated rings. The van der Waals surface area contributed by atoms with Crippen LogP contribution in [0.1, 0.15) is 12.7 Å². The number of carbonyl (C=O) groups is 1. The summed E-state index contributed by atoms with van der Waals surface area (Å²) in [4.78, 5) is 12.4. The van der Waals surface area contributed by atoms with Gasteiger partial charge in [-0.05, 0) is 41.6 Å². The SMILES string of the molecule is CC(Sc1nnnn1Cc1ccco1)C(=O)Nc1cccc(Cl)c1Cl. The van der Waals surface area contributed by atoms with Crippen molar-refractivity contribution in [2.24, 2.45) is 0 Å². The average molecular weight is 398 g/mol. The Kier molecular flexibility index (Phi) is 5.62. The number of carbonyl (C=O) groups excluding carboxylic acids is 1. The molecule has 0 saturated heterocycles. The Bertz CT molecular complexity index is 869. The first kappa shape index (κ1) is 17.8. The highest BCUT2D eigenvalue weighted by Crippen LogP contribution is 2.30. The smallest absolute Gasteiger partial charge is 0.237 e. The third-order valence-electron chi connectivity index (χ3n) is 3.25. The number of anilines is 1. The zero-order chi connectivity index (χ0) is 17.8. The number of tetrazole rings is 1. The van der Waals surface area contributed by atoms with Gasteiger partial charge in [-0.3, -0.25) is 4.79 Å². The second kappa shape index (κ2) is 7.90. The normalized spacial score (nSPS) is 12.1. The number of nitrogens with zero attached hydrogens (tertiary/aromatic N) is 4. The van der Waals surface area contributed by atoms with Crippen molar-refractivity contribution in [3.63, 3.8) is 0 Å². The molecule has 1 N–H and O–H groups in total. The Morgan fingerprint density at radius 3 is 2.96 bits per heavy atom. The Balaban J connectivity index is 1.66. The van der Waals surface area contributed by atoms with Gasteiger partial charge in [-0.2, -0.15) is 0 Å². The fourth-order valence-corrected chi connectivity index (χ4v) is 3.11. The molecule has 10 heteroatoms. The van der Waals surface area contributed by atoms with Crippen LogP contribution in [0.5, 0.6) is 0 Å². The lowest BCUT2D eigenvalue weighted by Crippen LogP contribution is -2.23. The predicted molar refractivity (Wildman–Crippen MR) is 96.0 cm³/mol. The van der Waals surface area contributed by atoms with Crippen LogP contribution in [0.25, 0.3) is 0 Å². The van der Waals surface area contributed by atoms with Gasteiger partial charge in [-0.15, -0.1) is 5.10 Å². The quantitative estimate of drug-likeness (QED) is 0.637. The number of furan rings is 1. The van der Waals surface area contributed by atoms with Gasteiger partial charge >= 0.3 is 0 Å². The summed E-state index contributed by atoms with van der Waals surface area (Å²) in [7, 11) is 0. The van der Waals surface area contributed by atoms with E-state index in [9.17, 15) is 4.79 Å². The summed E-state index contributed by atoms with van der Waals surface area (Å²) >= 11 is 13.3. The Morgan fingerprint density at radius 1 is 1.36 bits per heavy atom. The lowest BCUT2D eigenvalue weighted by Gasteiger charge is -2.12. The lowest BCUT2D eigenvalue weighted by molar-refractivity contribution is -0.115. The van der Waals surface area contributed by atoms with Crippen molar-refractivity contribution in [3.8, 4) is 0 Å². The number of hydrogen-bond donors (Lipinski definition) is 1. The second-order valence-electron chi connectivity index (χ2n) is 5.05. The van der Waals surface area contributed by atoms with Crippen molar-refractivity contribution in [1.29, 1.82) is 0 Å². The van der Waals surface area contributed by atoms with E-state index >= 15 is 0 Å². The largest absolute Gasteiger partial charge is 0.467 e. The van der Waals surface area contributed by atoms with Crippen LogP contribution in [0.2, 0.25) is 10.0 Å². The minimum absolute atomic E-state index is 0.235. The van der Waals surface area contributed by atoms with Gasteiger partial charge in [0, 0.05) is 0 Å². The molecule has 1 unspecified atom stereocenters. The number of benzene rings is 1. The van der Waals surface area contributed by atoms with Crippen molar-refractivity contribution in [2.45, 2.75) is 23.9 Å². The van der Waals surface area contributed by atoms with E-state index in [2.05, 4.69) is 20.8 Å². The fraction of sp³-hybridized carbons (Fsp3) is 0.200. The second-order valence-corrected chi connectivity index (χ2v) is 7.14. The van der Waals surface area contributed by atoms with Crippen LogP contribution in [0, 0.1) is 0 Å². The maximum atomic E-state index is 12.4. The summed E-state index contributed by atoms with van der Waals surface area (Å²) in [6, 6.07) is 8.67. The van der Waals surface area contributed by atoms with Crippen LogP contribution in [0.15, 0.2) is 46.2 Å². The molecule has 0 radical (unpaired) electrons. The van der Waals surface area contributed by atoms with Gasteiger partial charge in [0.1, 0.15) is 12.3 Å². The van der Waals surface area contributed by atoms with Crippen molar-refractivity contribution in [2.75, 3.05) is 5.32 Å². The highest BCUT2D eigenvalue weighted by atomic mass is 35.5. The van der Waals surface area contributed by atoms with Crippen LogP contribution in [0.3, 0.4) is 0 Å². The first-order valence-electron chi connectivity index (χ1n) is 7.24. The molecule has 0 aliphatic rings. The molecule has 3 aromatic rings. The Labute approximate surface area is 157 Å². The molecule has 130 valence electrons. The fourth-order valence-electron chi connectivity index (χ4n) is 1.98. The number of halogens is 2. The van der Waals surface area contributed by atoms with Gasteiger partial charge in [0.2, 0.25) is 11.1 Å². The molecule has 0 saturated carbocycles. The number of aromatic nitrogens is 4. The minimum Gasteiger partial charge on any atom is -0.467 e. The standard InChI is InChI=1S/C15H13Cl2N5O2S/c1-9(14(23)18-12-6-2-5-11(16)13(12)17)25-15-19-20-21-22(15)8-10-4-3-7-24-10/h2-7,9H,8H2,1H3,(H,18,23). The van der Waals surface area contributed by atoms with Crippen LogP contribution in [-0.4, -0.2) is 31.4 Å². The molecule has 0 spiro atoms. The number of thioether (sulfide) groups is 1. The molecule has 1 amide bonds. The molecule has 1 atom stereocenters. The van der Waals surface area contributed by atoms with Gasteiger partial charge < -0.3 is 9.73 Å². The molecule has 7 nitrogen and oxygen atoms in total. The van der Waals surface area contributed by atoms with Crippen LogP contribution < -0.4 is 5.32 Å². The Morgan fingerprint density at radius 2 is 2.20 bits per heavy atom. The monoisotopic (exact) mass is 397 g/mol. The molecule has 0 aliphatic heterocycles. The van der Waals surface area contributed by atoms with Gasteiger partial charge in [0.25, 0.3) is 0 Å². The molecule has 2 aromatic heterocycles. The van der Waals surface area contributed by atoms with Crippen molar-refractivity contribution >= 4 is 46.6 Å². The molecular weight excluding hydrogens is 385 g/mol. The zero-order valence-corrected chi connectivity index (χ0v) is 15.3. The van der Waals surface area contributed by atoms with Gasteiger partial charge in [-0.25, -0.2) is 4.68 Å². The number of hydrogen-bond acceptors (Lipinski definition) is 6. The molecule has 0 aliphatic carbocycles. The van der Waals surface area contributed by atoms with E-state index in [4.69, 9.17) is 27.6 Å². The third-order valence-corrected chi connectivity index (χ3v) is 5.14. The Hall–Kier alpha value is -2.03. The molecule has 1 aromatic carbocycles. The van der Waals surface area contributed by atoms with E-state index < -0.39 is 5.25 Å². The lowest BCUT2D eigenvalue weighted by atomic mass is 10.3. The summed E-state index contributed by atoms with van der Waals surface area (Å²) in [5, 5.41) is 15.0. The average Bonchev–Trinajstić information content (AvgIpc) is 3.25. The van der Waals surface area contributed by atoms with E-state index in [1.807, 2.05) is 6.07 Å². The minimum atomic E-state index is -0.448. The number of amides is 1. The van der Waals surface area contributed by atoms with E-state index in [1.165, 1.54) is 11.8 Å². The van der Waals surface area contributed by atoms with E-state index in [0.29, 0.717) is 27.4 Å². The summed E-state index contributed by atoms with van der Waals surface area (Å²) in [6.45, 7) is 2.14. The van der Waals surface area contributed by atoms with E-state index in [-0.39, 0.29) is 5.91 Å². The molecule has 0 bridgehead atoms. The van der Waals surface area contributed by atoms with Crippen molar-refractivity contribution < 1.29 is 9.21 Å². The highest BCUT2D eigenvalue weighted by molar-refractivity contribution is 8.00. The van der Waals surface area contributed by atoms with E-state index in [1.54, 1.807) is 42.1 Å². The molecule has 3 rings (SSSR count). The summed E-state index contributed by atoms with van der Waals surface area (Å²) in [5.41, 5.74) is 0.460. The summed E-state index contributed by atoms with van der Waals surface area (Å²) in [6.07, 6.45) is 1.58. The maximum absolute atomic E-state index is 12.4. The highest BCUT2D eigenvalue weighted by Gasteiger charge is 2.20. The maximum Gasteiger partial charge on any atom is 0.237 e. The predicted octanol–water partition coefficient (Wildman–Crippen LogP) is 3.74. The van der Waals surface area contributed by atoms with Gasteiger partial charge in [0.15, 0.2) is 0 Å². The summed E-state index contributed by atoms with van der Waals surface area (Å²) in [5.74, 6) is 0.485.